The summed E-state index contributed by atoms with van der Waals surface area (Å²) >= 11 is 0. The molecular weight excluding hydrogens is 596 g/mol. The predicted molar refractivity (Wildman–Crippen MR) is 143 cm³/mol. The van der Waals surface area contributed by atoms with Crippen molar-refractivity contribution in [2.75, 3.05) is 27.4 Å². The highest BCUT2D eigenvalue weighted by atomic mass is 16.7. The lowest BCUT2D eigenvalue weighted by Gasteiger charge is -2.42. The van der Waals surface area contributed by atoms with Gasteiger partial charge in [0.2, 0.25) is 17.5 Å². The topological polar surface area (TPSA) is 268 Å². The van der Waals surface area contributed by atoms with E-state index in [-0.39, 0.29) is 33.4 Å². The summed E-state index contributed by atoms with van der Waals surface area (Å²) in [7, 11) is 2.61. The van der Waals surface area contributed by atoms with E-state index in [1.807, 2.05) is 0 Å². The molecule has 0 spiro atoms. The van der Waals surface area contributed by atoms with Gasteiger partial charge in [0, 0.05) is 6.07 Å². The van der Waals surface area contributed by atoms with Crippen molar-refractivity contribution in [2.24, 2.45) is 0 Å². The van der Waals surface area contributed by atoms with Gasteiger partial charge >= 0.3 is 0 Å². The second-order valence-corrected chi connectivity index (χ2v) is 10.2. The SMILES string of the molecule is COc1cc(O)c2c(=O)c3c(OC4OC(COC5OC(CO)C(O)C(O)C5O)C(O)C(O)C4O)c(O)ccc3oc2c1OC. The van der Waals surface area contributed by atoms with E-state index in [1.165, 1.54) is 20.3 Å². The molecule has 10 unspecified atom stereocenters. The third-order valence-electron chi connectivity index (χ3n) is 7.55. The molecular formula is C27H32O17. The number of phenolic OH excluding ortho intramolecular Hbond substituents is 2. The van der Waals surface area contributed by atoms with Crippen molar-refractivity contribution in [1.29, 1.82) is 0 Å². The lowest BCUT2D eigenvalue weighted by molar-refractivity contribution is -0.323. The standard InChI is InChI=1S/C27H32O17/c1-38-11-5-9(30)14-18(33)15-10(41-25(14)24(11)39-2)4-3-8(29)23(15)44-27-22(37)20(35)17(32)13(43-27)7-40-26-21(36)19(34)16(31)12(6-28)42-26/h3-5,12-13,16-17,19-22,26-32,34-37H,6-7H2,1-2H3. The van der Waals surface area contributed by atoms with Crippen LogP contribution in [0.3, 0.4) is 0 Å². The average Bonchev–Trinajstić information content (AvgIpc) is 3.01. The second-order valence-electron chi connectivity index (χ2n) is 10.2. The Kier molecular flexibility index (Phi) is 9.06. The lowest BCUT2D eigenvalue weighted by atomic mass is 9.98. The Morgan fingerprint density at radius 2 is 1.39 bits per heavy atom. The van der Waals surface area contributed by atoms with Gasteiger partial charge in [0.25, 0.3) is 0 Å². The number of benzene rings is 2. The molecule has 2 fully saturated rings. The van der Waals surface area contributed by atoms with Crippen molar-refractivity contribution >= 4 is 21.9 Å². The second kappa shape index (κ2) is 12.5. The van der Waals surface area contributed by atoms with Gasteiger partial charge < -0.3 is 78.8 Å². The van der Waals surface area contributed by atoms with Crippen LogP contribution in [-0.2, 0) is 14.2 Å². The first-order valence-corrected chi connectivity index (χ1v) is 13.3. The third-order valence-corrected chi connectivity index (χ3v) is 7.55. The van der Waals surface area contributed by atoms with E-state index >= 15 is 0 Å². The van der Waals surface area contributed by atoms with E-state index in [2.05, 4.69) is 0 Å². The zero-order valence-electron chi connectivity index (χ0n) is 23.2. The van der Waals surface area contributed by atoms with Gasteiger partial charge in [-0.15, -0.1) is 0 Å². The fraction of sp³-hybridized carbons (Fsp3) is 0.519. The highest BCUT2D eigenvalue weighted by Gasteiger charge is 2.48. The molecule has 2 aliphatic rings. The first-order chi connectivity index (χ1) is 20.9. The maximum atomic E-state index is 13.6. The Hall–Kier alpha value is -3.49. The van der Waals surface area contributed by atoms with Crippen molar-refractivity contribution < 1.29 is 78.8 Å². The smallest absolute Gasteiger partial charge is 0.229 e. The molecule has 242 valence electrons. The van der Waals surface area contributed by atoms with Crippen LogP contribution in [-0.4, -0.2) is 135 Å². The van der Waals surface area contributed by atoms with Crippen molar-refractivity contribution in [2.45, 2.75) is 61.4 Å². The molecule has 3 heterocycles. The minimum Gasteiger partial charge on any atom is -0.507 e. The van der Waals surface area contributed by atoms with Crippen LogP contribution in [0.15, 0.2) is 27.4 Å². The normalized spacial score (nSPS) is 32.6. The van der Waals surface area contributed by atoms with Gasteiger partial charge in [-0.05, 0) is 12.1 Å². The van der Waals surface area contributed by atoms with Gasteiger partial charge in [-0.2, -0.15) is 0 Å². The molecule has 2 saturated heterocycles. The molecule has 0 aliphatic carbocycles. The molecule has 10 atom stereocenters. The molecule has 17 heteroatoms. The molecule has 5 rings (SSSR count). The fourth-order valence-corrected chi connectivity index (χ4v) is 5.14. The molecule has 0 saturated carbocycles. The highest BCUT2D eigenvalue weighted by molar-refractivity contribution is 6.00. The van der Waals surface area contributed by atoms with Gasteiger partial charge in [0.1, 0.15) is 70.9 Å². The molecule has 0 bridgehead atoms. The van der Waals surface area contributed by atoms with Gasteiger partial charge in [0.05, 0.1) is 27.4 Å². The number of ether oxygens (including phenoxy) is 6. The molecule has 3 aromatic rings. The van der Waals surface area contributed by atoms with Crippen LogP contribution in [0, 0.1) is 0 Å². The van der Waals surface area contributed by atoms with Crippen LogP contribution >= 0.6 is 0 Å². The maximum Gasteiger partial charge on any atom is 0.229 e. The van der Waals surface area contributed by atoms with Crippen LogP contribution in [0.5, 0.6) is 28.7 Å². The molecule has 17 nitrogen and oxygen atoms in total. The Bertz CT molecular complexity index is 1560. The van der Waals surface area contributed by atoms with Crippen LogP contribution in [0.1, 0.15) is 0 Å². The number of phenols is 2. The zero-order valence-corrected chi connectivity index (χ0v) is 23.2. The van der Waals surface area contributed by atoms with Crippen LogP contribution in [0.2, 0.25) is 0 Å². The molecule has 2 aromatic carbocycles. The lowest BCUT2D eigenvalue weighted by Crippen LogP contribution is -2.62. The van der Waals surface area contributed by atoms with E-state index in [1.54, 1.807) is 0 Å². The summed E-state index contributed by atoms with van der Waals surface area (Å²) in [6.45, 7) is -1.36. The van der Waals surface area contributed by atoms with E-state index in [4.69, 9.17) is 32.8 Å². The van der Waals surface area contributed by atoms with Crippen molar-refractivity contribution in [3.8, 4) is 28.7 Å². The van der Waals surface area contributed by atoms with Crippen molar-refractivity contribution in [3.05, 3.63) is 28.4 Å². The maximum absolute atomic E-state index is 13.6. The summed E-state index contributed by atoms with van der Waals surface area (Å²) in [6, 6.07) is 3.47. The van der Waals surface area contributed by atoms with Gasteiger partial charge in [0.15, 0.2) is 29.1 Å². The van der Waals surface area contributed by atoms with E-state index in [0.29, 0.717) is 0 Å². The Morgan fingerprint density at radius 1 is 0.750 bits per heavy atom. The predicted octanol–water partition coefficient (Wildman–Crippen LogP) is -2.62. The number of aliphatic hydroxyl groups is 7. The largest absolute Gasteiger partial charge is 0.507 e. The number of hydrogen-bond acceptors (Lipinski definition) is 17. The van der Waals surface area contributed by atoms with Crippen LogP contribution < -0.4 is 19.6 Å². The van der Waals surface area contributed by atoms with Crippen LogP contribution in [0.25, 0.3) is 21.9 Å². The first-order valence-electron chi connectivity index (χ1n) is 13.3. The number of methoxy groups -OCH3 is 2. The number of aliphatic hydroxyl groups excluding tert-OH is 7. The highest BCUT2D eigenvalue weighted by Crippen LogP contribution is 2.43. The monoisotopic (exact) mass is 628 g/mol. The quantitative estimate of drug-likeness (QED) is 0.116. The molecule has 44 heavy (non-hydrogen) atoms. The van der Waals surface area contributed by atoms with E-state index in [0.717, 1.165) is 12.1 Å². The minimum atomic E-state index is -1.94. The van der Waals surface area contributed by atoms with Gasteiger partial charge in [-0.3, -0.25) is 4.79 Å². The third kappa shape index (κ3) is 5.36. The Labute approximate surface area is 247 Å². The molecule has 9 N–H and O–H groups in total. The molecule has 1 aromatic heterocycles. The minimum absolute atomic E-state index is 0.000215. The number of rotatable bonds is 8. The number of aromatic hydroxyl groups is 2. The summed E-state index contributed by atoms with van der Waals surface area (Å²) in [5, 5.41) is 91.7. The number of fused-ring (bicyclic) bond motifs is 2. The summed E-state index contributed by atoms with van der Waals surface area (Å²) in [5.74, 6) is -1.65. The summed E-state index contributed by atoms with van der Waals surface area (Å²) in [6.07, 6.45) is -17.0. The zero-order chi connectivity index (χ0) is 32.0. The molecule has 0 radical (unpaired) electrons. The Morgan fingerprint density at radius 3 is 2.02 bits per heavy atom. The fourth-order valence-electron chi connectivity index (χ4n) is 5.14. The molecule has 0 amide bonds. The summed E-state index contributed by atoms with van der Waals surface area (Å²) in [5.41, 5.74) is -1.19. The van der Waals surface area contributed by atoms with E-state index < -0.39 is 97.3 Å². The summed E-state index contributed by atoms with van der Waals surface area (Å²) < 4.78 is 38.2. The Balaban J connectivity index is 1.46. The first kappa shape index (κ1) is 31.9. The van der Waals surface area contributed by atoms with Crippen molar-refractivity contribution in [1.82, 2.24) is 0 Å². The number of hydrogen-bond donors (Lipinski definition) is 9. The van der Waals surface area contributed by atoms with Crippen LogP contribution in [0.4, 0.5) is 0 Å². The van der Waals surface area contributed by atoms with Gasteiger partial charge in [-0.1, -0.05) is 0 Å². The molecule has 2 aliphatic heterocycles. The summed E-state index contributed by atoms with van der Waals surface area (Å²) in [4.78, 5) is 13.6. The van der Waals surface area contributed by atoms with Crippen molar-refractivity contribution in [3.63, 3.8) is 0 Å². The van der Waals surface area contributed by atoms with E-state index in [9.17, 15) is 50.8 Å². The average molecular weight is 629 g/mol. The van der Waals surface area contributed by atoms with Gasteiger partial charge in [-0.25, -0.2) is 0 Å².